The molecule has 1 unspecified atom stereocenters. The minimum atomic E-state index is -6.09. The number of sulfone groups is 1. The highest BCUT2D eigenvalue weighted by atomic mass is 35.5. The number of allylic oxidation sites excluding steroid dienone is 1. The Morgan fingerprint density at radius 1 is 0.752 bits per heavy atom. The number of benzene rings is 5. The third kappa shape index (κ3) is 23.9. The fourth-order valence-electron chi connectivity index (χ4n) is 16.0. The van der Waals surface area contributed by atoms with Crippen molar-refractivity contribution in [1.29, 1.82) is 0 Å². The van der Waals surface area contributed by atoms with Crippen molar-refractivity contribution >= 4 is 95.1 Å². The number of aliphatic hydroxyl groups is 1. The van der Waals surface area contributed by atoms with E-state index in [1.54, 1.807) is 35.2 Å². The Bertz CT molecular complexity index is 4440. The molecule has 614 valence electrons. The molecule has 5 heterocycles. The maximum Gasteiger partial charge on any atom is 0.501 e. The molecule has 113 heavy (non-hydrogen) atoms. The number of hydrogen-bond acceptors (Lipinski definition) is 19. The monoisotopic (exact) mass is 1650 g/mol. The predicted molar refractivity (Wildman–Crippen MR) is 442 cm³/mol. The van der Waals surface area contributed by atoms with Gasteiger partial charge in [0.05, 0.1) is 52.0 Å². The van der Waals surface area contributed by atoms with Gasteiger partial charge >= 0.3 is 5.51 Å². The summed E-state index contributed by atoms with van der Waals surface area (Å²) in [5, 5.41) is 20.6. The summed E-state index contributed by atoms with van der Waals surface area (Å²) in [4.78, 5) is 73.2. The van der Waals surface area contributed by atoms with Gasteiger partial charge in [-0.15, -0.1) is 23.1 Å². The molecule has 5 aromatic carbocycles. The molecule has 4 saturated heterocycles. The van der Waals surface area contributed by atoms with E-state index in [1.165, 1.54) is 33.7 Å². The first kappa shape index (κ1) is 86.9. The molecule has 21 nitrogen and oxygen atoms in total. The van der Waals surface area contributed by atoms with E-state index < -0.39 is 76.4 Å². The smallest absolute Gasteiger partial charge is 0.391 e. The van der Waals surface area contributed by atoms with Gasteiger partial charge in [-0.2, -0.15) is 13.2 Å². The summed E-state index contributed by atoms with van der Waals surface area (Å²) >= 11 is 9.54. The van der Waals surface area contributed by atoms with Gasteiger partial charge in [-0.3, -0.25) is 29.0 Å². The number of morpholine rings is 1. The van der Waals surface area contributed by atoms with E-state index in [0.717, 1.165) is 155 Å². The quantitative estimate of drug-likeness (QED) is 0.0186. The fourth-order valence-corrected chi connectivity index (χ4v) is 20.0. The van der Waals surface area contributed by atoms with Crippen LogP contribution in [0.5, 0.6) is 0 Å². The summed E-state index contributed by atoms with van der Waals surface area (Å²) in [5.74, 6) is -1.39. The first-order chi connectivity index (χ1) is 53.9. The fraction of sp³-hybridized carbons (Fsp3) is 0.536. The molecule has 5 aliphatic rings. The summed E-state index contributed by atoms with van der Waals surface area (Å²) in [5.41, 5.74) is 2.82. The lowest BCUT2D eigenvalue weighted by Gasteiger charge is -2.44. The Kier molecular flexibility index (Phi) is 30.2. The third-order valence-electron chi connectivity index (χ3n) is 22.6. The van der Waals surface area contributed by atoms with E-state index in [1.807, 2.05) is 112 Å². The van der Waals surface area contributed by atoms with Gasteiger partial charge in [-0.05, 0) is 171 Å². The zero-order valence-electron chi connectivity index (χ0n) is 65.8. The lowest BCUT2D eigenvalue weighted by atomic mass is 9.71. The van der Waals surface area contributed by atoms with Crippen LogP contribution < -0.4 is 25.6 Å². The number of carbonyl (C=O) groups is 4. The topological polar surface area (TPSA) is 246 Å². The summed E-state index contributed by atoms with van der Waals surface area (Å²) in [6, 6.07) is 32.1. The summed E-state index contributed by atoms with van der Waals surface area (Å²) in [7, 11) is -11.0. The SMILES string of the molecule is Cc1ncsc1-c1ccc([C@H](C)NC(=O)[C@@H]2C[C@@H](O)CN2C(=O)[C@@H](NC(=O)CCCCCCCCN2CCN(CC3(C)CCC(c4ccc(Cl)cc4)=C(CN4CCN(c5ccc(C(=O)NS(=O)(=O)c6ccc(N[C@@H](CCSc7ccccc7)CCN7CCOCC7)c(S(=O)(=O)C(F)(F)F)c6)cc5)CC4)C3)CC2)C(C)(C)C)cc1. The average molecular weight is 1660 g/mol. The lowest BCUT2D eigenvalue weighted by molar-refractivity contribution is -0.144. The Hall–Kier alpha value is -6.96. The number of thiazole rings is 1. The van der Waals surface area contributed by atoms with E-state index >= 15 is 0 Å². The summed E-state index contributed by atoms with van der Waals surface area (Å²) in [6.45, 7) is 24.9. The zero-order valence-corrected chi connectivity index (χ0v) is 69.9. The third-order valence-corrected chi connectivity index (χ3v) is 27.7. The number of hydrogen-bond donors (Lipinski definition) is 5. The molecule has 4 amide bonds. The number of thioether (sulfide) groups is 1. The number of rotatable bonds is 34. The van der Waals surface area contributed by atoms with Gasteiger partial charge in [0, 0.05) is 132 Å². The van der Waals surface area contributed by atoms with Crippen molar-refractivity contribution in [3.8, 4) is 10.4 Å². The highest BCUT2D eigenvalue weighted by Crippen LogP contribution is 2.45. The van der Waals surface area contributed by atoms with Gasteiger partial charge in [-0.25, -0.2) is 26.5 Å². The molecule has 4 fully saturated rings. The number of likely N-dealkylation sites (tertiary alicyclic amines) is 1. The van der Waals surface area contributed by atoms with Crippen molar-refractivity contribution in [2.45, 2.75) is 175 Å². The number of nitrogens with one attached hydrogen (secondary N) is 4. The number of amides is 4. The maximum atomic E-state index is 14.4. The number of piperazine rings is 2. The number of ether oxygens (including phenoxy) is 1. The van der Waals surface area contributed by atoms with Crippen LogP contribution in [0.3, 0.4) is 0 Å². The molecule has 0 spiro atoms. The van der Waals surface area contributed by atoms with Crippen molar-refractivity contribution < 1.29 is 59.0 Å². The van der Waals surface area contributed by atoms with Gasteiger partial charge in [0.2, 0.25) is 17.7 Å². The van der Waals surface area contributed by atoms with Crippen molar-refractivity contribution in [3.63, 3.8) is 0 Å². The molecule has 1 aliphatic carbocycles. The number of β-amino-alcohol motifs (C(OH)–C–C–N with tert-alkyl or cyclic N) is 1. The van der Waals surface area contributed by atoms with Crippen LogP contribution in [0, 0.1) is 17.8 Å². The molecular weight excluding hydrogens is 1540 g/mol. The number of halogens is 4. The van der Waals surface area contributed by atoms with Crippen LogP contribution in [-0.4, -0.2) is 222 Å². The second-order valence-electron chi connectivity index (χ2n) is 32.3. The van der Waals surface area contributed by atoms with Gasteiger partial charge in [0.1, 0.15) is 17.0 Å². The van der Waals surface area contributed by atoms with Crippen molar-refractivity contribution in [1.82, 2.24) is 44.8 Å². The molecule has 4 aliphatic heterocycles. The predicted octanol–water partition coefficient (Wildman–Crippen LogP) is 13.4. The number of aryl methyl sites for hydroxylation is 1. The van der Waals surface area contributed by atoms with Crippen LogP contribution in [0.25, 0.3) is 16.0 Å². The van der Waals surface area contributed by atoms with Crippen LogP contribution in [0.2, 0.25) is 5.02 Å². The van der Waals surface area contributed by atoms with E-state index in [-0.39, 0.29) is 47.7 Å². The van der Waals surface area contributed by atoms with Gasteiger partial charge in [0.25, 0.3) is 25.8 Å². The van der Waals surface area contributed by atoms with Crippen LogP contribution in [0.4, 0.5) is 24.5 Å². The number of sulfonamides is 1. The number of unbranched alkanes of at least 4 members (excludes halogenated alkanes) is 5. The van der Waals surface area contributed by atoms with E-state index in [0.29, 0.717) is 88.5 Å². The van der Waals surface area contributed by atoms with Crippen molar-refractivity contribution in [3.05, 3.63) is 160 Å². The molecule has 1 aromatic heterocycles. The molecule has 6 aromatic rings. The number of alkyl halides is 3. The van der Waals surface area contributed by atoms with Crippen molar-refractivity contribution in [2.75, 3.05) is 127 Å². The molecule has 0 bridgehead atoms. The zero-order chi connectivity index (χ0) is 80.7. The summed E-state index contributed by atoms with van der Waals surface area (Å²) in [6.07, 6.45) is 9.36. The number of nitrogens with zero attached hydrogens (tertiary/aromatic N) is 7. The second-order valence-corrected chi connectivity index (χ2v) is 38.4. The molecule has 0 saturated carbocycles. The second kappa shape index (κ2) is 39.3. The summed E-state index contributed by atoms with van der Waals surface area (Å²) < 4.78 is 105. The molecule has 0 radical (unpaired) electrons. The maximum absolute atomic E-state index is 14.4. The van der Waals surface area contributed by atoms with E-state index in [4.69, 9.17) is 16.3 Å². The van der Waals surface area contributed by atoms with Crippen LogP contribution in [0.1, 0.15) is 151 Å². The minimum Gasteiger partial charge on any atom is -0.391 e. The first-order valence-electron chi connectivity index (χ1n) is 39.7. The van der Waals surface area contributed by atoms with Crippen LogP contribution in [-0.2, 0) is 39.0 Å². The van der Waals surface area contributed by atoms with Gasteiger partial charge in [0.15, 0.2) is 0 Å². The highest BCUT2D eigenvalue weighted by Gasteiger charge is 2.49. The molecule has 6 atom stereocenters. The minimum absolute atomic E-state index is 0.0118. The normalized spacial score (nSPS) is 20.2. The number of aromatic nitrogens is 1. The first-order valence-corrected chi connectivity index (χ1v) is 44.9. The van der Waals surface area contributed by atoms with Gasteiger partial charge < -0.3 is 45.4 Å². The van der Waals surface area contributed by atoms with Crippen LogP contribution >= 0.6 is 34.7 Å². The Balaban J connectivity index is 0.605. The Morgan fingerprint density at radius 3 is 2.06 bits per heavy atom. The van der Waals surface area contributed by atoms with E-state index in [9.17, 15) is 54.3 Å². The molecule has 5 N–H and O–H groups in total. The molecule has 11 rings (SSSR count). The molecule has 29 heteroatoms. The number of anilines is 2. The van der Waals surface area contributed by atoms with Crippen molar-refractivity contribution in [2.24, 2.45) is 10.8 Å². The largest absolute Gasteiger partial charge is 0.501 e. The number of aliphatic hydroxyl groups excluding tert-OH is 1. The van der Waals surface area contributed by atoms with E-state index in [2.05, 4.69) is 64.5 Å². The highest BCUT2D eigenvalue weighted by molar-refractivity contribution is 7.99. The Morgan fingerprint density at radius 2 is 1.40 bits per heavy atom. The van der Waals surface area contributed by atoms with Gasteiger partial charge in [-0.1, -0.05) is 125 Å². The van der Waals surface area contributed by atoms with Crippen LogP contribution in [0.15, 0.2) is 147 Å². The lowest BCUT2D eigenvalue weighted by Crippen LogP contribution is -2.57. The average Bonchev–Trinajstić information content (AvgIpc) is 0.960. The Labute approximate surface area is 678 Å². The standard InChI is InChI=1S/C84H111ClF3N11O10S4/c1-59(61-19-21-63(22-20-61)77-60(2)89-58-111-77)90-80(103)74-52-69(100)56-99(74)81(104)78(82(3,4)5)92-76(101)18-14-9-7-8-10-15-37-94-39-41-97(42-40-94)57-83(6)36-33-72(62-23-27-66(85)28-24-62)65(54-83)55-96-43-45-98(46-44-96)68-29-25-64(26-30-68)79(102)93-113(107,108)71-31-32-73(75(53-71)112(105,106)84(86,87)88)91-67(34-38-95-47-49-109-50-48-95)35-51-110-70-16-12-11-13-17-70/h11-13,16-17,19-32,53,58-59,67,69,74,78,91,100H,7-10,14-15,18,33-52,54-57H2,1-6H3,(H,90,103)(H,92,101)(H,93,102)/t59-,67+,69+,74-,78+,83?/m0/s1. The molecular formula is C84H111ClF3N11O10S4. The number of carbonyl (C=O) groups excluding carboxylic acids is 4.